The summed E-state index contributed by atoms with van der Waals surface area (Å²) in [5.41, 5.74) is 5.50. The Morgan fingerprint density at radius 1 is 0.743 bits per heavy atom. The molecule has 6 heteroatoms. The smallest absolute Gasteiger partial charge is 0.318 e. The number of carbonyl (C=O) groups excluding carboxylic acids is 1. The predicted octanol–water partition coefficient (Wildman–Crippen LogP) is 7.65. The van der Waals surface area contributed by atoms with Crippen LogP contribution in [0.4, 0.5) is 5.69 Å². The van der Waals surface area contributed by atoms with Gasteiger partial charge in [-0.2, -0.15) is 8.42 Å². The van der Waals surface area contributed by atoms with E-state index in [0.717, 1.165) is 27.8 Å². The van der Waals surface area contributed by atoms with Gasteiger partial charge in [-0.25, -0.2) is 0 Å². The van der Waals surface area contributed by atoms with Gasteiger partial charge in [0.15, 0.2) is 5.75 Å². The molecule has 1 amide bonds. The van der Waals surface area contributed by atoms with Crippen LogP contribution in [0.25, 0.3) is 0 Å². The van der Waals surface area contributed by atoms with Gasteiger partial charge in [0, 0.05) is 5.69 Å². The zero-order valence-electron chi connectivity index (χ0n) is 23.0. The van der Waals surface area contributed by atoms with Crippen molar-refractivity contribution in [3.63, 3.8) is 0 Å². The molecule has 194 valence electrons. The fourth-order valence-electron chi connectivity index (χ4n) is 4.17. The number of para-hydroxylation sites is 1. The summed E-state index contributed by atoms with van der Waals surface area (Å²) < 4.78 is 31.9. The highest BCUT2D eigenvalue weighted by Gasteiger charge is 2.26. The van der Waals surface area contributed by atoms with Crippen molar-refractivity contribution in [2.75, 3.05) is 11.1 Å². The van der Waals surface area contributed by atoms with Crippen LogP contribution in [0.2, 0.25) is 0 Å². The van der Waals surface area contributed by atoms with Gasteiger partial charge in [0.05, 0.1) is 0 Å². The van der Waals surface area contributed by atoms with Crippen molar-refractivity contribution in [3.05, 3.63) is 58.1 Å². The lowest BCUT2D eigenvalue weighted by Gasteiger charge is -2.23. The van der Waals surface area contributed by atoms with Gasteiger partial charge in [0.25, 0.3) is 0 Å². The average Bonchev–Trinajstić information content (AvgIpc) is 2.72. The molecule has 0 aliphatic carbocycles. The van der Waals surface area contributed by atoms with E-state index in [4.69, 9.17) is 4.18 Å². The summed E-state index contributed by atoms with van der Waals surface area (Å²) in [6, 6.07) is 9.97. The van der Waals surface area contributed by atoms with Crippen molar-refractivity contribution < 1.29 is 17.4 Å². The molecule has 0 atom stereocenters. The molecule has 0 aromatic heterocycles. The highest BCUT2D eigenvalue weighted by molar-refractivity contribution is 7.87. The molecule has 0 bridgehead atoms. The number of nitrogens with one attached hydrogen (secondary N) is 1. The Morgan fingerprint density at radius 3 is 1.54 bits per heavy atom. The highest BCUT2D eigenvalue weighted by atomic mass is 32.2. The molecule has 0 heterocycles. The largest absolute Gasteiger partial charge is 0.381 e. The lowest BCUT2D eigenvalue weighted by Crippen LogP contribution is -2.28. The van der Waals surface area contributed by atoms with Crippen LogP contribution in [-0.2, 0) is 14.9 Å². The van der Waals surface area contributed by atoms with Gasteiger partial charge in [0.2, 0.25) is 5.91 Å². The van der Waals surface area contributed by atoms with E-state index in [-0.39, 0.29) is 23.7 Å². The van der Waals surface area contributed by atoms with E-state index in [2.05, 4.69) is 46.9 Å². The van der Waals surface area contributed by atoms with Gasteiger partial charge in [0.1, 0.15) is 5.75 Å². The number of amides is 1. The van der Waals surface area contributed by atoms with Crippen LogP contribution >= 0.6 is 0 Å². The molecule has 2 aromatic rings. The molecule has 0 unspecified atom stereocenters. The maximum atomic E-state index is 13.1. The first-order chi connectivity index (χ1) is 16.1. The second-order valence-corrected chi connectivity index (χ2v) is 12.5. The molecule has 35 heavy (non-hydrogen) atoms. The molecular formula is C29H43NO4S. The van der Waals surface area contributed by atoms with Crippen molar-refractivity contribution in [1.29, 1.82) is 0 Å². The van der Waals surface area contributed by atoms with Gasteiger partial charge in [-0.05, 0) is 57.4 Å². The second kappa shape index (κ2) is 11.6. The maximum absolute atomic E-state index is 13.1. The minimum absolute atomic E-state index is 0.0664. The molecule has 0 spiro atoms. The lowest BCUT2D eigenvalue weighted by molar-refractivity contribution is -0.113. The molecule has 0 saturated carbocycles. The minimum atomic E-state index is -4.18. The summed E-state index contributed by atoms with van der Waals surface area (Å²) in [5, 5.41) is 2.88. The third-order valence-electron chi connectivity index (χ3n) is 6.23. The quantitative estimate of drug-likeness (QED) is 0.339. The number of benzene rings is 2. The maximum Gasteiger partial charge on any atom is 0.318 e. The van der Waals surface area contributed by atoms with Crippen LogP contribution in [-0.4, -0.2) is 20.1 Å². The van der Waals surface area contributed by atoms with Crippen molar-refractivity contribution in [1.82, 2.24) is 0 Å². The fraction of sp³-hybridized carbons (Fsp3) is 0.552. The summed E-state index contributed by atoms with van der Waals surface area (Å²) >= 11 is 0. The average molecular weight is 502 g/mol. The van der Waals surface area contributed by atoms with Gasteiger partial charge in [-0.15, -0.1) is 0 Å². The van der Waals surface area contributed by atoms with Gasteiger partial charge in [-0.3, -0.25) is 4.79 Å². The minimum Gasteiger partial charge on any atom is -0.381 e. The van der Waals surface area contributed by atoms with Crippen molar-refractivity contribution >= 4 is 21.7 Å². The van der Waals surface area contributed by atoms with Crippen molar-refractivity contribution in [2.45, 2.75) is 98.8 Å². The molecule has 5 nitrogen and oxygen atoms in total. The Hall–Kier alpha value is -2.34. The number of hydrogen-bond acceptors (Lipinski definition) is 4. The van der Waals surface area contributed by atoms with Crippen LogP contribution < -0.4 is 9.50 Å². The molecule has 0 radical (unpaired) electrons. The number of hydrogen-bond donors (Lipinski definition) is 1. The Balaban J connectivity index is 2.41. The Kier molecular flexibility index (Phi) is 9.57. The first-order valence-electron chi connectivity index (χ1n) is 12.7. The first-order valence-corrected chi connectivity index (χ1v) is 14.2. The molecule has 1 N–H and O–H groups in total. The molecular weight excluding hydrogens is 458 g/mol. The van der Waals surface area contributed by atoms with E-state index < -0.39 is 21.8 Å². The first kappa shape index (κ1) is 28.9. The highest BCUT2D eigenvalue weighted by Crippen LogP contribution is 2.38. The van der Waals surface area contributed by atoms with Crippen molar-refractivity contribution in [2.24, 2.45) is 0 Å². The monoisotopic (exact) mass is 501 g/mol. The summed E-state index contributed by atoms with van der Waals surface area (Å²) in [6.45, 7) is 20.5. The zero-order chi connectivity index (χ0) is 26.7. The lowest BCUT2D eigenvalue weighted by atomic mass is 9.88. The van der Waals surface area contributed by atoms with E-state index in [0.29, 0.717) is 17.4 Å². The molecule has 2 aromatic carbocycles. The Morgan fingerprint density at radius 2 is 1.17 bits per heavy atom. The third-order valence-corrected chi connectivity index (χ3v) is 7.27. The second-order valence-electron chi connectivity index (χ2n) is 10.9. The molecule has 2 rings (SSSR count). The van der Waals surface area contributed by atoms with E-state index >= 15 is 0 Å². The van der Waals surface area contributed by atoms with Crippen LogP contribution in [0.1, 0.15) is 127 Å². The fourth-order valence-corrected chi connectivity index (χ4v) is 5.07. The van der Waals surface area contributed by atoms with Gasteiger partial charge in [-0.1, -0.05) is 99.6 Å². The Labute approximate surface area is 212 Å². The SMILES string of the molecule is CC(C)c1cc(C(C)C)c(OS(=O)(=O)CC(=O)Nc2c(C(C)C)cccc2C(C)C)c(C(C)C)c1. The summed E-state index contributed by atoms with van der Waals surface area (Å²) in [6.07, 6.45) is 0. The van der Waals surface area contributed by atoms with Crippen LogP contribution in [0.15, 0.2) is 30.3 Å². The zero-order valence-corrected chi connectivity index (χ0v) is 23.8. The van der Waals surface area contributed by atoms with Crippen molar-refractivity contribution in [3.8, 4) is 5.75 Å². The predicted molar refractivity (Wildman–Crippen MR) is 146 cm³/mol. The normalized spacial score (nSPS) is 12.3. The van der Waals surface area contributed by atoms with E-state index in [1.54, 1.807) is 0 Å². The van der Waals surface area contributed by atoms with Crippen LogP contribution in [0.5, 0.6) is 5.75 Å². The summed E-state index contributed by atoms with van der Waals surface area (Å²) in [5.74, 6) is -0.199. The Bertz CT molecular complexity index is 1090. The topological polar surface area (TPSA) is 72.5 Å². The van der Waals surface area contributed by atoms with E-state index in [1.807, 2.05) is 58.0 Å². The molecule has 0 aliphatic rings. The van der Waals surface area contributed by atoms with Gasteiger partial charge < -0.3 is 9.50 Å². The summed E-state index contributed by atoms with van der Waals surface area (Å²) in [7, 11) is -4.18. The summed E-state index contributed by atoms with van der Waals surface area (Å²) in [4.78, 5) is 13.0. The molecule has 0 fully saturated rings. The number of rotatable bonds is 10. The van der Waals surface area contributed by atoms with Crippen LogP contribution in [0, 0.1) is 0 Å². The standard InChI is InChI=1S/C29H43NO4S/c1-17(2)22-14-25(20(7)8)29(26(15-22)21(9)10)34-35(32,33)16-27(31)30-28-23(18(3)4)12-11-13-24(28)19(5)6/h11-15,17-21H,16H2,1-10H3,(H,30,31). The molecule has 0 saturated heterocycles. The van der Waals surface area contributed by atoms with E-state index in [9.17, 15) is 13.2 Å². The third kappa shape index (κ3) is 7.33. The van der Waals surface area contributed by atoms with Gasteiger partial charge >= 0.3 is 10.1 Å². The number of anilines is 1. The van der Waals surface area contributed by atoms with Crippen LogP contribution in [0.3, 0.4) is 0 Å². The van der Waals surface area contributed by atoms with E-state index in [1.165, 1.54) is 0 Å². The molecule has 0 aliphatic heterocycles. The number of carbonyl (C=O) groups is 1.